The number of nitrogens with one attached hydrogen (secondary N) is 2. The van der Waals surface area contributed by atoms with E-state index in [0.717, 1.165) is 10.4 Å². The number of rotatable bonds is 5. The normalized spacial score (nSPS) is 13.1. The first-order valence-electron chi connectivity index (χ1n) is 6.56. The Morgan fingerprint density at radius 3 is 2.62 bits per heavy atom. The molecule has 2 rings (SSSR count). The molecule has 0 radical (unpaired) electrons. The van der Waals surface area contributed by atoms with Gasteiger partial charge in [-0.05, 0) is 38.5 Å². The minimum absolute atomic E-state index is 0.156. The van der Waals surface area contributed by atoms with E-state index in [9.17, 15) is 8.42 Å². The molecule has 0 bridgehead atoms. The Morgan fingerprint density at radius 2 is 2.05 bits per heavy atom. The molecule has 7 heteroatoms. The zero-order valence-corrected chi connectivity index (χ0v) is 14.1. The molecule has 2 aromatic rings. The summed E-state index contributed by atoms with van der Waals surface area (Å²) in [5.41, 5.74) is 1.54. The van der Waals surface area contributed by atoms with Crippen LogP contribution in [0.5, 0.6) is 0 Å². The number of hydrogen-bond acceptors (Lipinski definition) is 5. The van der Waals surface area contributed by atoms with Crippen molar-refractivity contribution in [2.75, 3.05) is 12.4 Å². The lowest BCUT2D eigenvalue weighted by atomic mass is 10.1. The Kier molecular flexibility index (Phi) is 4.65. The van der Waals surface area contributed by atoms with E-state index in [1.54, 1.807) is 30.6 Å². The van der Waals surface area contributed by atoms with E-state index < -0.39 is 10.0 Å². The predicted octanol–water partition coefficient (Wildman–Crippen LogP) is 2.84. The van der Waals surface area contributed by atoms with E-state index in [4.69, 9.17) is 0 Å². The van der Waals surface area contributed by atoms with E-state index in [0.29, 0.717) is 5.69 Å². The van der Waals surface area contributed by atoms with Crippen molar-refractivity contribution in [1.82, 2.24) is 9.71 Å². The first kappa shape index (κ1) is 15.9. The lowest BCUT2D eigenvalue weighted by Gasteiger charge is -2.16. The molecule has 21 heavy (non-hydrogen) atoms. The predicted molar refractivity (Wildman–Crippen MR) is 86.3 cm³/mol. The lowest BCUT2D eigenvalue weighted by Crippen LogP contribution is -2.27. The van der Waals surface area contributed by atoms with Crippen molar-refractivity contribution in [2.45, 2.75) is 31.7 Å². The average molecular weight is 325 g/mol. The third-order valence-corrected chi connectivity index (χ3v) is 5.77. The Bertz CT molecular complexity index is 738. The summed E-state index contributed by atoms with van der Waals surface area (Å²) in [6, 6.07) is 3.37. The van der Waals surface area contributed by atoms with Gasteiger partial charge in [-0.3, -0.25) is 4.98 Å². The average Bonchev–Trinajstić information content (AvgIpc) is 2.77. The SMILES string of the molecule is CNc1ccncc1S(=O)(=O)NC(C)c1cc(C)sc1C. The molecule has 0 aliphatic rings. The third kappa shape index (κ3) is 3.42. The molecule has 0 aliphatic carbocycles. The Morgan fingerprint density at radius 1 is 1.33 bits per heavy atom. The molecular weight excluding hydrogens is 306 g/mol. The van der Waals surface area contributed by atoms with Crippen molar-refractivity contribution in [3.8, 4) is 0 Å². The van der Waals surface area contributed by atoms with Gasteiger partial charge in [0, 0.05) is 35.2 Å². The van der Waals surface area contributed by atoms with Gasteiger partial charge in [0.25, 0.3) is 0 Å². The number of sulfonamides is 1. The monoisotopic (exact) mass is 325 g/mol. The van der Waals surface area contributed by atoms with E-state index in [2.05, 4.69) is 15.0 Å². The molecule has 0 fully saturated rings. The number of aromatic nitrogens is 1. The van der Waals surface area contributed by atoms with Crippen LogP contribution in [-0.2, 0) is 10.0 Å². The molecule has 2 heterocycles. The summed E-state index contributed by atoms with van der Waals surface area (Å²) in [6.07, 6.45) is 2.91. The zero-order chi connectivity index (χ0) is 15.6. The van der Waals surface area contributed by atoms with Gasteiger partial charge in [0.1, 0.15) is 4.90 Å². The molecule has 0 saturated carbocycles. The zero-order valence-electron chi connectivity index (χ0n) is 12.5. The number of pyridine rings is 1. The first-order valence-corrected chi connectivity index (χ1v) is 8.86. The minimum atomic E-state index is -3.63. The summed E-state index contributed by atoms with van der Waals surface area (Å²) in [5, 5.41) is 2.87. The summed E-state index contributed by atoms with van der Waals surface area (Å²) in [7, 11) is -1.94. The molecule has 2 N–H and O–H groups in total. The Labute approximate surface area is 129 Å². The fourth-order valence-electron chi connectivity index (χ4n) is 2.24. The number of thiophene rings is 1. The van der Waals surface area contributed by atoms with Gasteiger partial charge in [0.2, 0.25) is 10.0 Å². The highest BCUT2D eigenvalue weighted by molar-refractivity contribution is 7.89. The topological polar surface area (TPSA) is 71.1 Å². The molecule has 0 amide bonds. The van der Waals surface area contributed by atoms with E-state index in [-0.39, 0.29) is 10.9 Å². The third-order valence-electron chi connectivity index (χ3n) is 3.22. The molecule has 5 nitrogen and oxygen atoms in total. The van der Waals surface area contributed by atoms with Crippen LogP contribution in [0, 0.1) is 13.8 Å². The molecule has 1 atom stereocenters. The van der Waals surface area contributed by atoms with Gasteiger partial charge >= 0.3 is 0 Å². The molecular formula is C14H19N3O2S2. The quantitative estimate of drug-likeness (QED) is 0.887. The number of aryl methyl sites for hydroxylation is 2. The molecule has 0 aromatic carbocycles. The van der Waals surface area contributed by atoms with Crippen LogP contribution >= 0.6 is 11.3 Å². The van der Waals surface area contributed by atoms with Crippen LogP contribution in [0.2, 0.25) is 0 Å². The maximum atomic E-state index is 12.5. The summed E-state index contributed by atoms with van der Waals surface area (Å²) in [6.45, 7) is 5.87. The highest BCUT2D eigenvalue weighted by atomic mass is 32.2. The van der Waals surface area contributed by atoms with Crippen LogP contribution in [0.15, 0.2) is 29.4 Å². The molecule has 0 spiro atoms. The minimum Gasteiger partial charge on any atom is -0.387 e. The van der Waals surface area contributed by atoms with Gasteiger partial charge in [-0.2, -0.15) is 0 Å². The van der Waals surface area contributed by atoms with Crippen molar-refractivity contribution in [1.29, 1.82) is 0 Å². The lowest BCUT2D eigenvalue weighted by molar-refractivity contribution is 0.566. The molecule has 2 aromatic heterocycles. The van der Waals surface area contributed by atoms with Gasteiger partial charge in [0.05, 0.1) is 5.69 Å². The van der Waals surface area contributed by atoms with E-state index in [1.807, 2.05) is 26.8 Å². The summed E-state index contributed by atoms with van der Waals surface area (Å²) in [4.78, 5) is 6.36. The van der Waals surface area contributed by atoms with Crippen molar-refractivity contribution in [2.24, 2.45) is 0 Å². The van der Waals surface area contributed by atoms with E-state index in [1.165, 1.54) is 11.1 Å². The van der Waals surface area contributed by atoms with Crippen LogP contribution in [-0.4, -0.2) is 20.4 Å². The first-order chi connectivity index (χ1) is 9.85. The molecule has 0 saturated heterocycles. The van der Waals surface area contributed by atoms with Gasteiger partial charge in [-0.25, -0.2) is 13.1 Å². The largest absolute Gasteiger partial charge is 0.387 e. The van der Waals surface area contributed by atoms with Gasteiger partial charge in [-0.1, -0.05) is 0 Å². The van der Waals surface area contributed by atoms with E-state index >= 15 is 0 Å². The number of hydrogen-bond donors (Lipinski definition) is 2. The second-order valence-corrected chi connectivity index (χ2v) is 7.98. The second kappa shape index (κ2) is 6.13. The summed E-state index contributed by atoms with van der Waals surface area (Å²) >= 11 is 1.67. The highest BCUT2D eigenvalue weighted by Crippen LogP contribution is 2.28. The van der Waals surface area contributed by atoms with Crippen LogP contribution in [0.3, 0.4) is 0 Å². The van der Waals surface area contributed by atoms with Crippen molar-refractivity contribution < 1.29 is 8.42 Å². The Balaban J connectivity index is 2.31. The van der Waals surface area contributed by atoms with Crippen molar-refractivity contribution in [3.63, 3.8) is 0 Å². The second-order valence-electron chi connectivity index (χ2n) is 4.83. The molecule has 1 unspecified atom stereocenters. The number of anilines is 1. The Hall–Kier alpha value is -1.44. The van der Waals surface area contributed by atoms with Crippen LogP contribution in [0.25, 0.3) is 0 Å². The van der Waals surface area contributed by atoms with Gasteiger partial charge < -0.3 is 5.32 Å². The fraction of sp³-hybridized carbons (Fsp3) is 0.357. The summed E-state index contributed by atoms with van der Waals surface area (Å²) in [5.74, 6) is 0. The van der Waals surface area contributed by atoms with Gasteiger partial charge in [0.15, 0.2) is 0 Å². The van der Waals surface area contributed by atoms with Gasteiger partial charge in [-0.15, -0.1) is 11.3 Å². The maximum absolute atomic E-state index is 12.5. The summed E-state index contributed by atoms with van der Waals surface area (Å²) < 4.78 is 27.8. The number of nitrogens with zero attached hydrogens (tertiary/aromatic N) is 1. The van der Waals surface area contributed by atoms with Crippen LogP contribution in [0.4, 0.5) is 5.69 Å². The fourth-order valence-corrected chi connectivity index (χ4v) is 4.64. The molecule has 0 aliphatic heterocycles. The highest BCUT2D eigenvalue weighted by Gasteiger charge is 2.23. The maximum Gasteiger partial charge on any atom is 0.244 e. The standard InChI is InChI=1S/C14H19N3O2S2/c1-9-7-12(11(3)20-9)10(2)17-21(18,19)14-8-16-6-5-13(14)15-4/h5-8,10,17H,1-4H3,(H,15,16). The smallest absolute Gasteiger partial charge is 0.244 e. The van der Waals surface area contributed by atoms with Crippen molar-refractivity contribution in [3.05, 3.63) is 39.8 Å². The van der Waals surface area contributed by atoms with Crippen LogP contribution < -0.4 is 10.0 Å². The van der Waals surface area contributed by atoms with Crippen molar-refractivity contribution >= 4 is 27.0 Å². The van der Waals surface area contributed by atoms with Crippen LogP contribution in [0.1, 0.15) is 28.3 Å². The molecule has 114 valence electrons.